The lowest BCUT2D eigenvalue weighted by atomic mass is 9.99. The van der Waals surface area contributed by atoms with Crippen LogP contribution in [-0.2, 0) is 4.79 Å². The molecule has 0 spiro atoms. The molecule has 0 aliphatic heterocycles. The number of hydrogen-bond donors (Lipinski definition) is 1. The van der Waals surface area contributed by atoms with Crippen LogP contribution in [0, 0.1) is 10.1 Å². The van der Waals surface area contributed by atoms with Crippen molar-refractivity contribution in [3.8, 4) is 28.4 Å². The Morgan fingerprint density at radius 3 is 2.42 bits per heavy atom. The van der Waals surface area contributed by atoms with Crippen molar-refractivity contribution in [2.24, 2.45) is 0 Å². The number of nitrogens with zero attached hydrogens (tertiary/aromatic N) is 1. The molecule has 0 saturated carbocycles. The number of ether oxygens (including phenoxy) is 3. The summed E-state index contributed by atoms with van der Waals surface area (Å²) in [5.74, 6) is 1.31. The molecule has 0 aliphatic carbocycles. The van der Waals surface area contributed by atoms with E-state index < -0.39 is 10.8 Å². The molecule has 9 nitrogen and oxygen atoms in total. The van der Waals surface area contributed by atoms with Gasteiger partial charge >= 0.3 is 0 Å². The summed E-state index contributed by atoms with van der Waals surface area (Å²) < 4.78 is 22.1. The number of rotatable bonds is 8. The van der Waals surface area contributed by atoms with Gasteiger partial charge in [0.15, 0.2) is 11.5 Å². The first-order valence-corrected chi connectivity index (χ1v) is 10.9. The van der Waals surface area contributed by atoms with Crippen molar-refractivity contribution in [1.29, 1.82) is 0 Å². The van der Waals surface area contributed by atoms with E-state index in [0.717, 1.165) is 16.5 Å². The van der Waals surface area contributed by atoms with Gasteiger partial charge in [-0.1, -0.05) is 12.1 Å². The smallest absolute Gasteiger partial charge is 0.271 e. The molecule has 4 aromatic rings. The number of carbonyl (C=O) groups excluding carboxylic acids is 1. The minimum Gasteiger partial charge on any atom is -0.496 e. The van der Waals surface area contributed by atoms with Crippen LogP contribution < -0.4 is 19.5 Å². The molecule has 1 aromatic heterocycles. The number of nitrogens with one attached hydrogen (secondary N) is 1. The maximum Gasteiger partial charge on any atom is 0.271 e. The van der Waals surface area contributed by atoms with Gasteiger partial charge in [-0.2, -0.15) is 0 Å². The lowest BCUT2D eigenvalue weighted by molar-refractivity contribution is -0.384. The van der Waals surface area contributed by atoms with E-state index in [9.17, 15) is 14.9 Å². The number of methoxy groups -OCH3 is 3. The summed E-state index contributed by atoms with van der Waals surface area (Å²) in [6.07, 6.45) is 3.07. The Bertz CT molecular complexity index is 1490. The Kier molecular flexibility index (Phi) is 6.91. The summed E-state index contributed by atoms with van der Waals surface area (Å²) >= 11 is 0. The van der Waals surface area contributed by atoms with Crippen LogP contribution in [0.4, 0.5) is 11.4 Å². The number of non-ortho nitro benzene ring substituents is 1. The molecule has 0 saturated heterocycles. The summed E-state index contributed by atoms with van der Waals surface area (Å²) in [7, 11) is 4.69. The highest BCUT2D eigenvalue weighted by molar-refractivity contribution is 6.05. The Balaban J connectivity index is 1.70. The number of amides is 1. The van der Waals surface area contributed by atoms with Crippen molar-refractivity contribution >= 4 is 33.8 Å². The van der Waals surface area contributed by atoms with Crippen LogP contribution in [0.15, 0.2) is 71.4 Å². The standard InChI is InChI=1S/C27H24N2O7/c1-16(10-27(30)28-18-6-5-7-19(12-18)29(31)32)20-13-21-22(15-36-25(21)14-24(20)34-3)17-8-9-23(33-2)26(11-17)35-4/h5-15H,1-4H3,(H,28,30)/b16-10+. The molecule has 1 heterocycles. The molecular weight excluding hydrogens is 464 g/mol. The topological polar surface area (TPSA) is 113 Å². The van der Waals surface area contributed by atoms with Gasteiger partial charge in [0, 0.05) is 46.5 Å². The van der Waals surface area contributed by atoms with Crippen molar-refractivity contribution in [2.75, 3.05) is 26.6 Å². The fourth-order valence-corrected chi connectivity index (χ4v) is 3.91. The zero-order chi connectivity index (χ0) is 25.8. The average Bonchev–Trinajstić information content (AvgIpc) is 3.30. The van der Waals surface area contributed by atoms with Crippen LogP contribution in [0.2, 0.25) is 0 Å². The normalized spacial score (nSPS) is 11.3. The van der Waals surface area contributed by atoms with Gasteiger partial charge < -0.3 is 23.9 Å². The molecule has 0 atom stereocenters. The second-order valence-electron chi connectivity index (χ2n) is 7.89. The first-order valence-electron chi connectivity index (χ1n) is 10.9. The van der Waals surface area contributed by atoms with Gasteiger partial charge in [0.2, 0.25) is 5.91 Å². The molecular formula is C27H24N2O7. The predicted molar refractivity (Wildman–Crippen MR) is 137 cm³/mol. The Labute approximate surface area is 207 Å². The third-order valence-corrected chi connectivity index (χ3v) is 5.69. The van der Waals surface area contributed by atoms with E-state index in [0.29, 0.717) is 39.7 Å². The van der Waals surface area contributed by atoms with Crippen molar-refractivity contribution in [1.82, 2.24) is 0 Å². The number of carbonyl (C=O) groups is 1. The minimum atomic E-state index is -0.516. The first kappa shape index (κ1) is 24.3. The van der Waals surface area contributed by atoms with Gasteiger partial charge in [0.25, 0.3) is 5.69 Å². The van der Waals surface area contributed by atoms with Gasteiger partial charge in [0.05, 0.1) is 32.5 Å². The number of fused-ring (bicyclic) bond motifs is 1. The van der Waals surface area contributed by atoms with E-state index in [2.05, 4.69) is 5.32 Å². The lowest BCUT2D eigenvalue weighted by Crippen LogP contribution is -2.09. The number of hydrogen-bond acceptors (Lipinski definition) is 7. The van der Waals surface area contributed by atoms with E-state index in [1.54, 1.807) is 46.6 Å². The summed E-state index contributed by atoms with van der Waals surface area (Å²) in [4.78, 5) is 23.2. The van der Waals surface area contributed by atoms with Crippen LogP contribution in [-0.4, -0.2) is 32.2 Å². The fourth-order valence-electron chi connectivity index (χ4n) is 3.91. The van der Waals surface area contributed by atoms with Crippen molar-refractivity contribution in [2.45, 2.75) is 6.92 Å². The van der Waals surface area contributed by atoms with Crippen LogP contribution in [0.25, 0.3) is 27.7 Å². The summed E-state index contributed by atoms with van der Waals surface area (Å²) in [5, 5.41) is 14.5. The molecule has 36 heavy (non-hydrogen) atoms. The second-order valence-corrected chi connectivity index (χ2v) is 7.89. The Hall–Kier alpha value is -4.79. The largest absolute Gasteiger partial charge is 0.496 e. The molecule has 0 radical (unpaired) electrons. The van der Waals surface area contributed by atoms with Gasteiger partial charge in [0.1, 0.15) is 11.3 Å². The summed E-state index contributed by atoms with van der Waals surface area (Å²) in [6, 6.07) is 15.0. The van der Waals surface area contributed by atoms with Gasteiger partial charge in [-0.15, -0.1) is 0 Å². The van der Waals surface area contributed by atoms with Crippen molar-refractivity contribution < 1.29 is 28.3 Å². The first-order chi connectivity index (χ1) is 17.3. The Morgan fingerprint density at radius 2 is 1.72 bits per heavy atom. The number of allylic oxidation sites excluding steroid dienone is 1. The van der Waals surface area contributed by atoms with Crippen LogP contribution in [0.1, 0.15) is 12.5 Å². The zero-order valence-corrected chi connectivity index (χ0v) is 20.2. The zero-order valence-electron chi connectivity index (χ0n) is 20.2. The molecule has 0 aliphatic rings. The SMILES string of the molecule is COc1ccc(-c2coc3cc(OC)c(/C(C)=C/C(=O)Nc4cccc([N+](=O)[O-])c4)cc23)cc1OC. The maximum atomic E-state index is 12.7. The molecule has 1 N–H and O–H groups in total. The lowest BCUT2D eigenvalue weighted by Gasteiger charge is -2.11. The molecule has 3 aromatic carbocycles. The van der Waals surface area contributed by atoms with E-state index in [-0.39, 0.29) is 5.69 Å². The maximum absolute atomic E-state index is 12.7. The Morgan fingerprint density at radius 1 is 0.972 bits per heavy atom. The molecule has 4 rings (SSSR count). The monoisotopic (exact) mass is 488 g/mol. The molecule has 9 heteroatoms. The highest BCUT2D eigenvalue weighted by atomic mass is 16.6. The number of furan rings is 1. The third-order valence-electron chi connectivity index (χ3n) is 5.69. The summed E-state index contributed by atoms with van der Waals surface area (Å²) in [6.45, 7) is 1.78. The number of anilines is 1. The molecule has 0 fully saturated rings. The average molecular weight is 488 g/mol. The van der Waals surface area contributed by atoms with E-state index >= 15 is 0 Å². The molecule has 1 amide bonds. The van der Waals surface area contributed by atoms with Gasteiger partial charge in [-0.25, -0.2) is 0 Å². The van der Waals surface area contributed by atoms with E-state index in [4.69, 9.17) is 18.6 Å². The summed E-state index contributed by atoms with van der Waals surface area (Å²) in [5.41, 5.74) is 3.87. The number of nitro groups is 1. The van der Waals surface area contributed by atoms with Crippen molar-refractivity contribution in [3.05, 3.63) is 82.6 Å². The minimum absolute atomic E-state index is 0.108. The number of benzene rings is 3. The highest BCUT2D eigenvalue weighted by Gasteiger charge is 2.16. The van der Waals surface area contributed by atoms with Crippen LogP contribution >= 0.6 is 0 Å². The van der Waals surface area contributed by atoms with E-state index in [1.165, 1.54) is 24.3 Å². The molecule has 184 valence electrons. The third kappa shape index (κ3) is 4.85. The highest BCUT2D eigenvalue weighted by Crippen LogP contribution is 2.39. The van der Waals surface area contributed by atoms with Crippen molar-refractivity contribution in [3.63, 3.8) is 0 Å². The predicted octanol–water partition coefficient (Wildman–Crippen LogP) is 6.08. The van der Waals surface area contributed by atoms with Crippen LogP contribution in [0.3, 0.4) is 0 Å². The van der Waals surface area contributed by atoms with Crippen LogP contribution in [0.5, 0.6) is 17.2 Å². The molecule has 0 unspecified atom stereocenters. The second kappa shape index (κ2) is 10.2. The fraction of sp³-hybridized carbons (Fsp3) is 0.148. The molecule has 0 bridgehead atoms. The number of nitro benzene ring substituents is 1. The van der Waals surface area contributed by atoms with E-state index in [1.807, 2.05) is 24.3 Å². The quantitative estimate of drug-likeness (QED) is 0.182. The van der Waals surface area contributed by atoms with Gasteiger partial charge in [-0.3, -0.25) is 14.9 Å². The van der Waals surface area contributed by atoms with Gasteiger partial charge in [-0.05, 0) is 42.3 Å².